The van der Waals surface area contributed by atoms with Crippen LogP contribution in [0.15, 0.2) is 28.9 Å². The van der Waals surface area contributed by atoms with Crippen molar-refractivity contribution in [2.45, 2.75) is 6.92 Å². The first-order chi connectivity index (χ1) is 7.61. The summed E-state index contributed by atoms with van der Waals surface area (Å²) < 4.78 is 16.2. The molecule has 0 atom stereocenters. The third-order valence-corrected chi connectivity index (χ3v) is 2.71. The SMILES string of the molecule is CNc1nc(C)cn1-c1cc(Br)ccc1F. The van der Waals surface area contributed by atoms with Gasteiger partial charge in [-0.1, -0.05) is 15.9 Å². The molecule has 0 unspecified atom stereocenters. The van der Waals surface area contributed by atoms with E-state index in [1.165, 1.54) is 6.07 Å². The van der Waals surface area contributed by atoms with E-state index in [1.807, 2.05) is 6.92 Å². The fourth-order valence-electron chi connectivity index (χ4n) is 1.53. The lowest BCUT2D eigenvalue weighted by molar-refractivity contribution is 0.618. The number of nitrogens with zero attached hydrogens (tertiary/aromatic N) is 2. The molecule has 1 heterocycles. The summed E-state index contributed by atoms with van der Waals surface area (Å²) in [6.45, 7) is 1.87. The maximum atomic E-state index is 13.7. The zero-order valence-corrected chi connectivity index (χ0v) is 10.5. The van der Waals surface area contributed by atoms with Crippen LogP contribution in [0.1, 0.15) is 5.69 Å². The van der Waals surface area contributed by atoms with Crippen molar-refractivity contribution < 1.29 is 4.39 Å². The molecule has 0 bridgehead atoms. The first-order valence-electron chi connectivity index (χ1n) is 4.81. The highest BCUT2D eigenvalue weighted by Crippen LogP contribution is 2.22. The van der Waals surface area contributed by atoms with Gasteiger partial charge >= 0.3 is 0 Å². The van der Waals surface area contributed by atoms with Crippen LogP contribution in [0.25, 0.3) is 5.69 Å². The monoisotopic (exact) mass is 283 g/mol. The highest BCUT2D eigenvalue weighted by atomic mass is 79.9. The summed E-state index contributed by atoms with van der Waals surface area (Å²) in [7, 11) is 1.76. The average molecular weight is 284 g/mol. The van der Waals surface area contributed by atoms with Crippen LogP contribution in [0.2, 0.25) is 0 Å². The third-order valence-electron chi connectivity index (χ3n) is 2.22. The van der Waals surface area contributed by atoms with Crippen molar-refractivity contribution in [2.75, 3.05) is 12.4 Å². The van der Waals surface area contributed by atoms with Crippen molar-refractivity contribution in [1.29, 1.82) is 0 Å². The molecule has 1 aromatic carbocycles. The Balaban J connectivity index is 2.61. The van der Waals surface area contributed by atoms with Gasteiger partial charge < -0.3 is 5.32 Å². The first kappa shape index (κ1) is 11.1. The van der Waals surface area contributed by atoms with Crippen LogP contribution in [0, 0.1) is 12.7 Å². The van der Waals surface area contributed by atoms with Gasteiger partial charge in [0.25, 0.3) is 0 Å². The molecule has 0 fully saturated rings. The molecule has 0 aliphatic rings. The molecule has 0 saturated carbocycles. The van der Waals surface area contributed by atoms with Crippen LogP contribution in [0.4, 0.5) is 10.3 Å². The Bertz CT molecular complexity index is 522. The van der Waals surface area contributed by atoms with Gasteiger partial charge in [-0.25, -0.2) is 9.37 Å². The van der Waals surface area contributed by atoms with E-state index in [9.17, 15) is 4.39 Å². The average Bonchev–Trinajstić information content (AvgIpc) is 2.63. The number of nitrogens with one attached hydrogen (secondary N) is 1. The number of rotatable bonds is 2. The molecule has 0 amide bonds. The molecule has 84 valence electrons. The van der Waals surface area contributed by atoms with Crippen molar-refractivity contribution in [3.8, 4) is 5.69 Å². The number of hydrogen-bond donors (Lipinski definition) is 1. The molecule has 0 aliphatic carbocycles. The lowest BCUT2D eigenvalue weighted by Crippen LogP contribution is -2.02. The van der Waals surface area contributed by atoms with Crippen LogP contribution in [0.5, 0.6) is 0 Å². The molecule has 5 heteroatoms. The molecule has 0 radical (unpaired) electrons. The van der Waals surface area contributed by atoms with E-state index in [1.54, 1.807) is 29.9 Å². The molecule has 16 heavy (non-hydrogen) atoms. The van der Waals surface area contributed by atoms with Gasteiger partial charge in [0.2, 0.25) is 5.95 Å². The van der Waals surface area contributed by atoms with Gasteiger partial charge in [0.15, 0.2) is 0 Å². The fraction of sp³-hybridized carbons (Fsp3) is 0.182. The topological polar surface area (TPSA) is 29.9 Å². The maximum absolute atomic E-state index is 13.7. The maximum Gasteiger partial charge on any atom is 0.207 e. The molecular formula is C11H11BrFN3. The van der Waals surface area contributed by atoms with Gasteiger partial charge in [-0.15, -0.1) is 0 Å². The second kappa shape index (κ2) is 4.25. The number of hydrogen-bond acceptors (Lipinski definition) is 2. The number of benzene rings is 1. The summed E-state index contributed by atoms with van der Waals surface area (Å²) in [5.41, 5.74) is 1.31. The van der Waals surface area contributed by atoms with Gasteiger partial charge in [0, 0.05) is 17.7 Å². The fourth-order valence-corrected chi connectivity index (χ4v) is 1.88. The first-order valence-corrected chi connectivity index (χ1v) is 5.60. The lowest BCUT2D eigenvalue weighted by Gasteiger charge is -2.08. The summed E-state index contributed by atoms with van der Waals surface area (Å²) in [5.74, 6) is 0.339. The van der Waals surface area contributed by atoms with Gasteiger partial charge in [0.05, 0.1) is 11.4 Å². The third kappa shape index (κ3) is 1.95. The predicted molar refractivity (Wildman–Crippen MR) is 65.5 cm³/mol. The molecule has 2 rings (SSSR count). The molecule has 0 aliphatic heterocycles. The largest absolute Gasteiger partial charge is 0.358 e. The van der Waals surface area contributed by atoms with Crippen LogP contribution >= 0.6 is 15.9 Å². The Morgan fingerprint density at radius 3 is 2.88 bits per heavy atom. The Hall–Kier alpha value is -1.36. The van der Waals surface area contributed by atoms with E-state index in [0.717, 1.165) is 10.2 Å². The zero-order chi connectivity index (χ0) is 11.7. The van der Waals surface area contributed by atoms with Crippen LogP contribution < -0.4 is 5.32 Å². The van der Waals surface area contributed by atoms with Crippen molar-refractivity contribution in [2.24, 2.45) is 0 Å². The van der Waals surface area contributed by atoms with Crippen molar-refractivity contribution >= 4 is 21.9 Å². The summed E-state index contributed by atoms with van der Waals surface area (Å²) in [5, 5.41) is 2.93. The highest BCUT2D eigenvalue weighted by molar-refractivity contribution is 9.10. The van der Waals surface area contributed by atoms with Crippen molar-refractivity contribution in [3.63, 3.8) is 0 Å². The Kier molecular flexibility index (Phi) is 2.96. The molecular weight excluding hydrogens is 273 g/mol. The lowest BCUT2D eigenvalue weighted by atomic mass is 10.3. The summed E-state index contributed by atoms with van der Waals surface area (Å²) >= 11 is 3.33. The predicted octanol–water partition coefficient (Wildman–Crippen LogP) is 3.12. The Morgan fingerprint density at radius 1 is 1.44 bits per heavy atom. The van der Waals surface area contributed by atoms with Crippen molar-refractivity contribution in [3.05, 3.63) is 40.4 Å². The minimum atomic E-state index is -0.280. The van der Waals surface area contributed by atoms with E-state index in [0.29, 0.717) is 11.6 Å². The highest BCUT2D eigenvalue weighted by Gasteiger charge is 2.10. The number of anilines is 1. The molecule has 2 aromatic rings. The minimum absolute atomic E-state index is 0.280. The van der Waals surface area contributed by atoms with Crippen LogP contribution in [-0.4, -0.2) is 16.6 Å². The Morgan fingerprint density at radius 2 is 2.19 bits per heavy atom. The van der Waals surface area contributed by atoms with E-state index in [4.69, 9.17) is 0 Å². The summed E-state index contributed by atoms with van der Waals surface area (Å²) in [4.78, 5) is 4.25. The number of aromatic nitrogens is 2. The Labute approximate surface area is 101 Å². The smallest absolute Gasteiger partial charge is 0.207 e. The van der Waals surface area contributed by atoms with Gasteiger partial charge in [0.1, 0.15) is 5.82 Å². The summed E-state index contributed by atoms with van der Waals surface area (Å²) in [6.07, 6.45) is 1.79. The number of halogens is 2. The zero-order valence-electron chi connectivity index (χ0n) is 8.96. The molecule has 0 saturated heterocycles. The number of imidazole rings is 1. The minimum Gasteiger partial charge on any atom is -0.358 e. The summed E-state index contributed by atoms with van der Waals surface area (Å²) in [6, 6.07) is 4.81. The standard InChI is InChI=1S/C11H11BrFN3/c1-7-6-16(11(14-2)15-7)10-5-8(12)3-4-9(10)13/h3-6H,1-2H3,(H,14,15). The normalized spacial score (nSPS) is 10.5. The van der Waals surface area contributed by atoms with Crippen molar-refractivity contribution in [1.82, 2.24) is 9.55 Å². The second-order valence-corrected chi connectivity index (χ2v) is 4.34. The van der Waals surface area contributed by atoms with Gasteiger partial charge in [-0.2, -0.15) is 0 Å². The van der Waals surface area contributed by atoms with E-state index in [-0.39, 0.29) is 5.82 Å². The van der Waals surface area contributed by atoms with Crippen LogP contribution in [0.3, 0.4) is 0 Å². The van der Waals surface area contributed by atoms with Gasteiger partial charge in [-0.3, -0.25) is 4.57 Å². The molecule has 1 aromatic heterocycles. The van der Waals surface area contributed by atoms with Crippen LogP contribution in [-0.2, 0) is 0 Å². The molecule has 3 nitrogen and oxygen atoms in total. The van der Waals surface area contributed by atoms with Gasteiger partial charge in [-0.05, 0) is 25.1 Å². The molecule has 1 N–H and O–H groups in total. The van der Waals surface area contributed by atoms with E-state index in [2.05, 4.69) is 26.2 Å². The van der Waals surface area contributed by atoms with E-state index < -0.39 is 0 Å². The second-order valence-electron chi connectivity index (χ2n) is 3.42. The molecule has 0 spiro atoms. The number of aryl methyl sites for hydroxylation is 1. The van der Waals surface area contributed by atoms with E-state index >= 15 is 0 Å². The quantitative estimate of drug-likeness (QED) is 0.918.